The molecular weight excluding hydrogens is 475 g/mol. The third-order valence-corrected chi connectivity index (χ3v) is 10.6. The van der Waals surface area contributed by atoms with Crippen LogP contribution in [0.3, 0.4) is 0 Å². The molecule has 1 aliphatic heterocycles. The zero-order valence-corrected chi connectivity index (χ0v) is 24.6. The van der Waals surface area contributed by atoms with E-state index in [9.17, 15) is 0 Å². The van der Waals surface area contributed by atoms with Crippen LogP contribution in [0.1, 0.15) is 89.1 Å². The lowest BCUT2D eigenvalue weighted by Crippen LogP contribution is -2.41. The van der Waals surface area contributed by atoms with Gasteiger partial charge in [-0.05, 0) is 95.1 Å². The summed E-state index contributed by atoms with van der Waals surface area (Å²) >= 11 is 0. The van der Waals surface area contributed by atoms with Crippen molar-refractivity contribution in [2.45, 2.75) is 83.3 Å². The van der Waals surface area contributed by atoms with Crippen molar-refractivity contribution in [1.29, 1.82) is 0 Å². The monoisotopic (exact) mass is 514 g/mol. The van der Waals surface area contributed by atoms with Gasteiger partial charge in [0.2, 0.25) is 0 Å². The Morgan fingerprint density at radius 2 is 1.33 bits per heavy atom. The van der Waals surface area contributed by atoms with Gasteiger partial charge in [-0.15, -0.1) is 0 Å². The summed E-state index contributed by atoms with van der Waals surface area (Å²) in [6, 6.07) is 22.9. The number of hydrogen-bond acceptors (Lipinski definition) is 2. The zero-order chi connectivity index (χ0) is 27.5. The maximum atomic E-state index is 6.39. The Kier molecular flexibility index (Phi) is 5.06. The Morgan fingerprint density at radius 3 is 2.05 bits per heavy atom. The predicted octanol–water partition coefficient (Wildman–Crippen LogP) is 7.94. The molecule has 0 aromatic heterocycles. The van der Waals surface area contributed by atoms with Crippen LogP contribution in [0.4, 0.5) is 0 Å². The minimum absolute atomic E-state index is 0.106. The molecule has 1 saturated heterocycles. The molecule has 4 aliphatic rings. The first-order chi connectivity index (χ1) is 18.3. The van der Waals surface area contributed by atoms with E-state index in [-0.39, 0.29) is 29.2 Å². The fourth-order valence-corrected chi connectivity index (χ4v) is 7.44. The molecule has 2 atom stereocenters. The van der Waals surface area contributed by atoms with E-state index in [2.05, 4.69) is 134 Å². The van der Waals surface area contributed by atoms with Crippen molar-refractivity contribution in [3.63, 3.8) is 0 Å². The van der Waals surface area contributed by atoms with Gasteiger partial charge >= 0.3 is 7.12 Å². The van der Waals surface area contributed by atoms with Crippen molar-refractivity contribution < 1.29 is 9.31 Å². The Morgan fingerprint density at radius 1 is 0.692 bits per heavy atom. The molecule has 3 heteroatoms. The average molecular weight is 515 g/mol. The van der Waals surface area contributed by atoms with Crippen LogP contribution >= 0.6 is 0 Å². The van der Waals surface area contributed by atoms with Crippen molar-refractivity contribution in [3.8, 4) is 11.1 Å². The van der Waals surface area contributed by atoms with E-state index in [1.165, 1.54) is 44.5 Å². The van der Waals surface area contributed by atoms with Gasteiger partial charge in [0, 0.05) is 11.3 Å². The van der Waals surface area contributed by atoms with Crippen molar-refractivity contribution >= 4 is 18.2 Å². The van der Waals surface area contributed by atoms with Crippen molar-refractivity contribution in [3.05, 3.63) is 107 Å². The normalized spacial score (nSPS) is 26.1. The minimum atomic E-state index is -0.348. The summed E-state index contributed by atoms with van der Waals surface area (Å²) in [6.45, 7) is 18.0. The van der Waals surface area contributed by atoms with Gasteiger partial charge in [-0.3, -0.25) is 0 Å². The van der Waals surface area contributed by atoms with E-state index >= 15 is 0 Å². The van der Waals surface area contributed by atoms with Gasteiger partial charge in [0.05, 0.1) is 11.2 Å². The highest BCUT2D eigenvalue weighted by Gasteiger charge is 2.52. The van der Waals surface area contributed by atoms with Crippen LogP contribution in [0.15, 0.2) is 78.9 Å². The van der Waals surface area contributed by atoms with Crippen LogP contribution < -0.4 is 5.46 Å². The summed E-state index contributed by atoms with van der Waals surface area (Å²) in [5.41, 5.74) is 11.4. The lowest BCUT2D eigenvalue weighted by molar-refractivity contribution is 0.00578. The van der Waals surface area contributed by atoms with Crippen molar-refractivity contribution in [2.75, 3.05) is 0 Å². The van der Waals surface area contributed by atoms with Gasteiger partial charge in [-0.25, -0.2) is 0 Å². The maximum absolute atomic E-state index is 6.39. The smallest absolute Gasteiger partial charge is 0.399 e. The highest BCUT2D eigenvalue weighted by Crippen LogP contribution is 2.55. The average Bonchev–Trinajstić information content (AvgIpc) is 3.37. The molecule has 0 N–H and O–H groups in total. The molecule has 0 radical (unpaired) electrons. The highest BCUT2D eigenvalue weighted by atomic mass is 16.7. The summed E-state index contributed by atoms with van der Waals surface area (Å²) < 4.78 is 12.8. The Labute approximate surface area is 234 Å². The SMILES string of the molecule is CC1(C)c2cc(B3OC(C)(C)C(C)(C)O3)ccc2-c2ccc(C3=CC4C(C=C3)c3ccccc3C4(C)C)cc21. The quantitative estimate of drug-likeness (QED) is 0.323. The molecule has 7 rings (SSSR count). The second kappa shape index (κ2) is 7.86. The van der Waals surface area contributed by atoms with Crippen LogP contribution in [0.5, 0.6) is 0 Å². The molecule has 2 nitrogen and oxygen atoms in total. The molecule has 3 aromatic carbocycles. The van der Waals surface area contributed by atoms with E-state index in [1.54, 1.807) is 0 Å². The summed E-state index contributed by atoms with van der Waals surface area (Å²) in [4.78, 5) is 0. The molecular formula is C36H39BO2. The Balaban J connectivity index is 1.24. The molecule has 3 aliphatic carbocycles. The first kappa shape index (κ1) is 25.1. The van der Waals surface area contributed by atoms with Crippen LogP contribution in [0.25, 0.3) is 16.7 Å². The Hall–Kier alpha value is -2.88. The lowest BCUT2D eigenvalue weighted by Gasteiger charge is -2.32. The van der Waals surface area contributed by atoms with E-state index in [4.69, 9.17) is 9.31 Å². The largest absolute Gasteiger partial charge is 0.494 e. The van der Waals surface area contributed by atoms with Gasteiger partial charge in [-0.1, -0.05) is 101 Å². The van der Waals surface area contributed by atoms with Gasteiger partial charge in [0.1, 0.15) is 0 Å². The maximum Gasteiger partial charge on any atom is 0.494 e. The second-order valence-electron chi connectivity index (χ2n) is 14.1. The molecule has 198 valence electrons. The first-order valence-corrected chi connectivity index (χ1v) is 14.5. The molecule has 3 aromatic rings. The summed E-state index contributed by atoms with van der Waals surface area (Å²) in [6.07, 6.45) is 7.34. The Bertz CT molecular complexity index is 1570. The summed E-state index contributed by atoms with van der Waals surface area (Å²) in [5.74, 6) is 0.930. The van der Waals surface area contributed by atoms with Crippen molar-refractivity contribution in [1.82, 2.24) is 0 Å². The topological polar surface area (TPSA) is 18.5 Å². The molecule has 39 heavy (non-hydrogen) atoms. The van der Waals surface area contributed by atoms with Crippen LogP contribution in [-0.4, -0.2) is 18.3 Å². The molecule has 1 fully saturated rings. The zero-order valence-electron chi connectivity index (χ0n) is 24.6. The number of benzene rings is 3. The third kappa shape index (κ3) is 3.42. The molecule has 0 amide bonds. The number of fused-ring (bicyclic) bond motifs is 6. The summed E-state index contributed by atoms with van der Waals surface area (Å²) in [7, 11) is -0.347. The van der Waals surface area contributed by atoms with Crippen LogP contribution in [-0.2, 0) is 20.1 Å². The fourth-order valence-electron chi connectivity index (χ4n) is 7.44. The molecule has 0 spiro atoms. The summed E-state index contributed by atoms with van der Waals surface area (Å²) in [5, 5.41) is 0. The van der Waals surface area contributed by atoms with E-state index < -0.39 is 0 Å². The van der Waals surface area contributed by atoms with E-state index in [0.717, 1.165) is 5.46 Å². The van der Waals surface area contributed by atoms with Crippen LogP contribution in [0.2, 0.25) is 0 Å². The van der Waals surface area contributed by atoms with E-state index in [1.807, 2.05) is 0 Å². The minimum Gasteiger partial charge on any atom is -0.399 e. The van der Waals surface area contributed by atoms with Gasteiger partial charge in [0.15, 0.2) is 0 Å². The molecule has 1 heterocycles. The second-order valence-corrected chi connectivity index (χ2v) is 14.1. The van der Waals surface area contributed by atoms with Gasteiger partial charge in [-0.2, -0.15) is 0 Å². The molecule has 0 bridgehead atoms. The number of rotatable bonds is 2. The highest BCUT2D eigenvalue weighted by molar-refractivity contribution is 6.62. The van der Waals surface area contributed by atoms with Gasteiger partial charge < -0.3 is 9.31 Å². The fraction of sp³-hybridized carbons (Fsp3) is 0.389. The molecule has 0 saturated carbocycles. The predicted molar refractivity (Wildman–Crippen MR) is 163 cm³/mol. The standard InChI is InChI=1S/C36H39BO2/c1-33(2)29-12-10-9-11-25(29)26-16-13-22(19-30(26)33)23-14-17-27-28-18-15-24(21-32(28)34(3,4)31(27)20-23)37-38-35(5,6)36(7,8)39-37/h9-21,26,30H,1-8H3. The van der Waals surface area contributed by atoms with Gasteiger partial charge in [0.25, 0.3) is 0 Å². The number of hydrogen-bond donors (Lipinski definition) is 0. The first-order valence-electron chi connectivity index (χ1n) is 14.5. The molecule has 2 unspecified atom stereocenters. The van der Waals surface area contributed by atoms with E-state index in [0.29, 0.717) is 11.8 Å². The number of allylic oxidation sites excluding steroid dienone is 4. The third-order valence-electron chi connectivity index (χ3n) is 10.6. The lowest BCUT2D eigenvalue weighted by atomic mass is 9.72. The van der Waals surface area contributed by atoms with Crippen LogP contribution in [0, 0.1) is 5.92 Å². The van der Waals surface area contributed by atoms with Crippen molar-refractivity contribution in [2.24, 2.45) is 5.92 Å².